The molecule has 0 radical (unpaired) electrons. The molecule has 134 valence electrons. The Balaban J connectivity index is 1.79. The summed E-state index contributed by atoms with van der Waals surface area (Å²) in [7, 11) is -2.06. The molecule has 0 unspecified atom stereocenters. The highest BCUT2D eigenvalue weighted by Gasteiger charge is 2.21. The Morgan fingerprint density at radius 1 is 0.808 bits per heavy atom. The summed E-state index contributed by atoms with van der Waals surface area (Å²) < 4.78 is 32.6. The Labute approximate surface area is 158 Å². The first kappa shape index (κ1) is 18.4. The standard InChI is InChI=1S/C20H19NO3S2/c1-21(26(22,23)20-14-12-19(25-2)13-15-20)16-8-10-18(11-9-16)24-17-6-4-3-5-7-17/h3-15H,1-2H3. The van der Waals surface area contributed by atoms with Crippen molar-refractivity contribution in [3.8, 4) is 11.5 Å². The van der Waals surface area contributed by atoms with Crippen LogP contribution >= 0.6 is 11.8 Å². The fraction of sp³-hybridized carbons (Fsp3) is 0.100. The molecule has 0 fully saturated rings. The molecule has 0 saturated carbocycles. The largest absolute Gasteiger partial charge is 0.457 e. The summed E-state index contributed by atoms with van der Waals surface area (Å²) in [5, 5.41) is 0. The Morgan fingerprint density at radius 2 is 1.38 bits per heavy atom. The second-order valence-corrected chi connectivity index (χ2v) is 8.41. The maximum atomic E-state index is 12.8. The number of rotatable bonds is 6. The maximum absolute atomic E-state index is 12.8. The highest BCUT2D eigenvalue weighted by molar-refractivity contribution is 7.98. The van der Waals surface area contributed by atoms with Crippen LogP contribution in [0.5, 0.6) is 11.5 Å². The Bertz CT molecular complexity index is 954. The van der Waals surface area contributed by atoms with Crippen LogP contribution in [-0.2, 0) is 10.0 Å². The first-order valence-corrected chi connectivity index (χ1v) is 10.6. The van der Waals surface area contributed by atoms with Gasteiger partial charge < -0.3 is 4.74 Å². The van der Waals surface area contributed by atoms with Crippen LogP contribution < -0.4 is 9.04 Å². The van der Waals surface area contributed by atoms with Gasteiger partial charge in [0.05, 0.1) is 10.6 Å². The van der Waals surface area contributed by atoms with Crippen molar-refractivity contribution < 1.29 is 13.2 Å². The predicted molar refractivity (Wildman–Crippen MR) is 107 cm³/mol. The van der Waals surface area contributed by atoms with Gasteiger partial charge in [-0.05, 0) is 66.9 Å². The van der Waals surface area contributed by atoms with Crippen LogP contribution in [0.3, 0.4) is 0 Å². The number of hydrogen-bond acceptors (Lipinski definition) is 4. The summed E-state index contributed by atoms with van der Waals surface area (Å²) in [6.45, 7) is 0. The molecule has 0 aliphatic heterocycles. The molecule has 4 nitrogen and oxygen atoms in total. The van der Waals surface area contributed by atoms with Crippen molar-refractivity contribution in [2.24, 2.45) is 0 Å². The number of sulfonamides is 1. The van der Waals surface area contributed by atoms with E-state index in [0.717, 1.165) is 10.6 Å². The molecule has 3 rings (SSSR count). The van der Waals surface area contributed by atoms with E-state index in [2.05, 4.69) is 0 Å². The third kappa shape index (κ3) is 4.03. The van der Waals surface area contributed by atoms with Gasteiger partial charge in [0.25, 0.3) is 10.0 Å². The molecule has 0 amide bonds. The van der Waals surface area contributed by atoms with Crippen LogP contribution in [0.25, 0.3) is 0 Å². The molecular weight excluding hydrogens is 366 g/mol. The lowest BCUT2D eigenvalue weighted by Crippen LogP contribution is -2.26. The average molecular weight is 386 g/mol. The van der Waals surface area contributed by atoms with E-state index < -0.39 is 10.0 Å². The molecule has 26 heavy (non-hydrogen) atoms. The highest BCUT2D eigenvalue weighted by Crippen LogP contribution is 2.27. The first-order valence-electron chi connectivity index (χ1n) is 7.96. The van der Waals surface area contributed by atoms with Crippen LogP contribution in [0.15, 0.2) is 88.7 Å². The topological polar surface area (TPSA) is 46.6 Å². The van der Waals surface area contributed by atoms with Gasteiger partial charge in [0.1, 0.15) is 11.5 Å². The molecule has 0 aliphatic carbocycles. The lowest BCUT2D eigenvalue weighted by Gasteiger charge is -2.20. The van der Waals surface area contributed by atoms with E-state index >= 15 is 0 Å². The number of hydrogen-bond donors (Lipinski definition) is 0. The Kier molecular flexibility index (Phi) is 5.54. The van der Waals surface area contributed by atoms with Crippen molar-refractivity contribution in [3.05, 3.63) is 78.9 Å². The zero-order valence-corrected chi connectivity index (χ0v) is 16.1. The minimum absolute atomic E-state index is 0.266. The molecule has 0 spiro atoms. The molecule has 0 heterocycles. The van der Waals surface area contributed by atoms with E-state index in [1.807, 2.05) is 48.7 Å². The lowest BCUT2D eigenvalue weighted by atomic mass is 10.3. The van der Waals surface area contributed by atoms with Crippen LogP contribution in [0, 0.1) is 0 Å². The monoisotopic (exact) mass is 385 g/mol. The zero-order valence-electron chi connectivity index (χ0n) is 14.5. The fourth-order valence-corrected chi connectivity index (χ4v) is 4.00. The van der Waals surface area contributed by atoms with Crippen molar-refractivity contribution in [2.75, 3.05) is 17.6 Å². The van der Waals surface area contributed by atoms with E-state index in [-0.39, 0.29) is 4.90 Å². The molecule has 3 aromatic carbocycles. The SMILES string of the molecule is CSc1ccc(S(=O)(=O)N(C)c2ccc(Oc3ccccc3)cc2)cc1. The van der Waals surface area contributed by atoms with Gasteiger partial charge in [0.15, 0.2) is 0 Å². The number of benzene rings is 3. The molecule has 0 saturated heterocycles. The number of ether oxygens (including phenoxy) is 1. The minimum atomic E-state index is -3.61. The first-order chi connectivity index (χ1) is 12.5. The van der Waals surface area contributed by atoms with Crippen LogP contribution in [-0.4, -0.2) is 21.7 Å². The van der Waals surface area contributed by atoms with E-state index in [1.165, 1.54) is 4.31 Å². The van der Waals surface area contributed by atoms with E-state index in [0.29, 0.717) is 11.4 Å². The van der Waals surface area contributed by atoms with Crippen molar-refractivity contribution >= 4 is 27.5 Å². The fourth-order valence-electron chi connectivity index (χ4n) is 2.39. The second-order valence-electron chi connectivity index (χ2n) is 5.56. The van der Waals surface area contributed by atoms with Crippen LogP contribution in [0.1, 0.15) is 0 Å². The summed E-state index contributed by atoms with van der Waals surface area (Å²) in [4.78, 5) is 1.29. The maximum Gasteiger partial charge on any atom is 0.264 e. The summed E-state index contributed by atoms with van der Waals surface area (Å²) in [6.07, 6.45) is 1.95. The molecule has 0 bridgehead atoms. The minimum Gasteiger partial charge on any atom is -0.457 e. The summed E-state index contributed by atoms with van der Waals surface area (Å²) >= 11 is 1.57. The molecule has 0 aromatic heterocycles. The van der Waals surface area contributed by atoms with Gasteiger partial charge in [0, 0.05) is 11.9 Å². The summed E-state index contributed by atoms with van der Waals surface area (Å²) in [6, 6.07) is 23.3. The Hall–Kier alpha value is -2.44. The molecule has 3 aromatic rings. The van der Waals surface area contributed by atoms with Crippen molar-refractivity contribution in [1.82, 2.24) is 0 Å². The number of para-hydroxylation sites is 1. The quantitative estimate of drug-likeness (QED) is 0.559. The summed E-state index contributed by atoms with van der Waals surface area (Å²) in [5.74, 6) is 1.38. The molecule has 6 heteroatoms. The van der Waals surface area contributed by atoms with Gasteiger partial charge in [0.2, 0.25) is 0 Å². The van der Waals surface area contributed by atoms with Crippen molar-refractivity contribution in [2.45, 2.75) is 9.79 Å². The van der Waals surface area contributed by atoms with Gasteiger partial charge >= 0.3 is 0 Å². The second kappa shape index (κ2) is 7.85. The van der Waals surface area contributed by atoms with Gasteiger partial charge in [-0.3, -0.25) is 4.31 Å². The van der Waals surface area contributed by atoms with Crippen molar-refractivity contribution in [1.29, 1.82) is 0 Å². The highest BCUT2D eigenvalue weighted by atomic mass is 32.2. The zero-order chi connectivity index (χ0) is 18.6. The average Bonchev–Trinajstić information content (AvgIpc) is 2.69. The third-order valence-electron chi connectivity index (χ3n) is 3.90. The van der Waals surface area contributed by atoms with E-state index in [9.17, 15) is 8.42 Å². The number of anilines is 1. The molecule has 0 N–H and O–H groups in total. The van der Waals surface area contributed by atoms with Gasteiger partial charge in [-0.15, -0.1) is 11.8 Å². The van der Waals surface area contributed by atoms with Crippen LogP contribution in [0.4, 0.5) is 5.69 Å². The third-order valence-corrected chi connectivity index (χ3v) is 6.44. The lowest BCUT2D eigenvalue weighted by molar-refractivity contribution is 0.482. The smallest absolute Gasteiger partial charge is 0.264 e. The van der Waals surface area contributed by atoms with Crippen LogP contribution in [0.2, 0.25) is 0 Å². The molecular formula is C20H19NO3S2. The number of thioether (sulfide) groups is 1. The summed E-state index contributed by atoms with van der Waals surface area (Å²) in [5.41, 5.74) is 0.569. The van der Waals surface area contributed by atoms with Gasteiger partial charge in [-0.2, -0.15) is 0 Å². The van der Waals surface area contributed by atoms with Gasteiger partial charge in [-0.25, -0.2) is 8.42 Å². The predicted octanol–water partition coefficient (Wildman–Crippen LogP) is 5.03. The Morgan fingerprint density at radius 3 is 1.96 bits per heavy atom. The van der Waals surface area contributed by atoms with E-state index in [1.54, 1.807) is 55.2 Å². The van der Waals surface area contributed by atoms with E-state index in [4.69, 9.17) is 4.74 Å². The van der Waals surface area contributed by atoms with Crippen molar-refractivity contribution in [3.63, 3.8) is 0 Å². The van der Waals surface area contributed by atoms with Gasteiger partial charge in [-0.1, -0.05) is 18.2 Å². The molecule has 0 atom stereocenters. The molecule has 0 aliphatic rings. The normalized spacial score (nSPS) is 11.2. The number of nitrogens with zero attached hydrogens (tertiary/aromatic N) is 1.